The van der Waals surface area contributed by atoms with E-state index in [0.29, 0.717) is 50.3 Å². The van der Waals surface area contributed by atoms with E-state index in [1.54, 1.807) is 48.5 Å². The van der Waals surface area contributed by atoms with Gasteiger partial charge in [0.1, 0.15) is 5.69 Å². The molecule has 0 saturated heterocycles. The first-order valence-electron chi connectivity index (χ1n) is 12.8. The third kappa shape index (κ3) is 6.27. The topological polar surface area (TPSA) is 92.8 Å². The van der Waals surface area contributed by atoms with E-state index in [1.165, 1.54) is 6.21 Å². The van der Waals surface area contributed by atoms with Gasteiger partial charge in [0, 0.05) is 16.0 Å². The molecule has 9 heteroatoms. The van der Waals surface area contributed by atoms with E-state index in [2.05, 4.69) is 15.5 Å². The van der Waals surface area contributed by atoms with E-state index in [9.17, 15) is 9.59 Å². The van der Waals surface area contributed by atoms with Gasteiger partial charge in [0.25, 0.3) is 5.91 Å². The Labute approximate surface area is 246 Å². The smallest absolute Gasteiger partial charge is 0.343 e. The highest BCUT2D eigenvalue weighted by Gasteiger charge is 2.21. The number of halogens is 2. The van der Waals surface area contributed by atoms with Crippen LogP contribution in [0, 0.1) is 6.92 Å². The number of rotatable bonds is 8. The van der Waals surface area contributed by atoms with Crippen LogP contribution in [0.2, 0.25) is 10.0 Å². The van der Waals surface area contributed by atoms with Crippen molar-refractivity contribution in [3.05, 3.63) is 117 Å². The van der Waals surface area contributed by atoms with Crippen LogP contribution in [0.3, 0.4) is 0 Å². The van der Waals surface area contributed by atoms with Gasteiger partial charge in [-0.3, -0.25) is 4.79 Å². The number of benzene rings is 4. The number of esters is 1. The molecule has 0 spiro atoms. The summed E-state index contributed by atoms with van der Waals surface area (Å²) in [7, 11) is 0. The van der Waals surface area contributed by atoms with E-state index in [1.807, 2.05) is 50.2 Å². The van der Waals surface area contributed by atoms with Crippen molar-refractivity contribution < 1.29 is 19.1 Å². The first kappa shape index (κ1) is 28.0. The standard InChI is InChI=1S/C32H25Cl2N3O4/c1-3-40-27-15-20(12-13-26(27)41-32(39)22-11-7-8-19(2)14-22)18-35-37-31(38)30-28(21-9-5-4-6-10-21)24-16-23(33)17-25(34)29(24)36-30/h4-18,36H,3H2,1-2H3,(H,37,38). The summed E-state index contributed by atoms with van der Waals surface area (Å²) in [4.78, 5) is 29.1. The van der Waals surface area contributed by atoms with Crippen LogP contribution < -0.4 is 14.9 Å². The summed E-state index contributed by atoms with van der Waals surface area (Å²) < 4.78 is 11.3. The number of hydrazone groups is 1. The molecular formula is C32H25Cl2N3O4. The Balaban J connectivity index is 1.38. The highest BCUT2D eigenvalue weighted by atomic mass is 35.5. The van der Waals surface area contributed by atoms with Crippen molar-refractivity contribution in [3.8, 4) is 22.6 Å². The lowest BCUT2D eigenvalue weighted by Crippen LogP contribution is -2.18. The molecule has 41 heavy (non-hydrogen) atoms. The van der Waals surface area contributed by atoms with Crippen LogP contribution in [0.25, 0.3) is 22.0 Å². The lowest BCUT2D eigenvalue weighted by Gasteiger charge is -2.11. The predicted molar refractivity (Wildman–Crippen MR) is 163 cm³/mol. The van der Waals surface area contributed by atoms with Gasteiger partial charge in [-0.05, 0) is 67.4 Å². The minimum atomic E-state index is -0.489. The fraction of sp³-hybridized carbons (Fsp3) is 0.0938. The quantitative estimate of drug-likeness (QED) is 0.0839. The molecule has 0 fully saturated rings. The second-order valence-corrected chi connectivity index (χ2v) is 9.99. The fourth-order valence-corrected chi connectivity index (χ4v) is 4.95. The van der Waals surface area contributed by atoms with Crippen LogP contribution in [0.4, 0.5) is 0 Å². The number of H-pyrrole nitrogens is 1. The number of ether oxygens (including phenoxy) is 2. The third-order valence-corrected chi connectivity index (χ3v) is 6.73. The van der Waals surface area contributed by atoms with Crippen LogP contribution in [0.1, 0.15) is 38.9 Å². The highest BCUT2D eigenvalue weighted by molar-refractivity contribution is 6.39. The largest absolute Gasteiger partial charge is 0.490 e. The Morgan fingerprint density at radius 2 is 1.76 bits per heavy atom. The number of aromatic nitrogens is 1. The number of aryl methyl sites for hydroxylation is 1. The van der Waals surface area contributed by atoms with E-state index >= 15 is 0 Å². The van der Waals surface area contributed by atoms with Gasteiger partial charge in [-0.2, -0.15) is 5.10 Å². The Bertz CT molecular complexity index is 1780. The Morgan fingerprint density at radius 3 is 2.51 bits per heavy atom. The molecule has 0 radical (unpaired) electrons. The second kappa shape index (κ2) is 12.3. The number of carbonyl (C=O) groups excluding carboxylic acids is 2. The maximum Gasteiger partial charge on any atom is 0.343 e. The summed E-state index contributed by atoms with van der Waals surface area (Å²) in [5, 5.41) is 5.73. The SMILES string of the molecule is CCOc1cc(C=NNC(=O)c2[nH]c3c(Cl)cc(Cl)cc3c2-c2ccccc2)ccc1OC(=O)c1cccc(C)c1. The van der Waals surface area contributed by atoms with Crippen LogP contribution in [0.15, 0.2) is 90.0 Å². The van der Waals surface area contributed by atoms with Gasteiger partial charge in [-0.25, -0.2) is 10.2 Å². The van der Waals surface area contributed by atoms with Gasteiger partial charge >= 0.3 is 5.97 Å². The lowest BCUT2D eigenvalue weighted by molar-refractivity contribution is 0.0728. The zero-order chi connectivity index (χ0) is 28.9. The maximum absolute atomic E-state index is 13.3. The average Bonchev–Trinajstić information content (AvgIpc) is 3.35. The summed E-state index contributed by atoms with van der Waals surface area (Å²) in [6.45, 7) is 4.10. The van der Waals surface area contributed by atoms with E-state index in [0.717, 1.165) is 16.5 Å². The van der Waals surface area contributed by atoms with Gasteiger partial charge in [-0.1, -0.05) is 71.2 Å². The number of amides is 1. The van der Waals surface area contributed by atoms with Crippen LogP contribution in [-0.2, 0) is 0 Å². The number of aromatic amines is 1. The van der Waals surface area contributed by atoms with Crippen molar-refractivity contribution in [1.82, 2.24) is 10.4 Å². The summed E-state index contributed by atoms with van der Waals surface area (Å²) >= 11 is 12.7. The van der Waals surface area contributed by atoms with Crippen molar-refractivity contribution in [2.75, 3.05) is 6.61 Å². The number of nitrogens with one attached hydrogen (secondary N) is 2. The molecule has 1 heterocycles. The van der Waals surface area contributed by atoms with Crippen LogP contribution >= 0.6 is 23.2 Å². The number of carbonyl (C=O) groups is 2. The third-order valence-electron chi connectivity index (χ3n) is 6.22. The molecule has 0 unspecified atom stereocenters. The molecule has 0 aliphatic carbocycles. The molecule has 0 aliphatic rings. The van der Waals surface area contributed by atoms with Crippen molar-refractivity contribution in [3.63, 3.8) is 0 Å². The predicted octanol–water partition coefficient (Wildman–Crippen LogP) is 7.83. The first-order chi connectivity index (χ1) is 19.8. The minimum absolute atomic E-state index is 0.278. The summed E-state index contributed by atoms with van der Waals surface area (Å²) in [5.74, 6) is -0.299. The summed E-state index contributed by atoms with van der Waals surface area (Å²) in [6.07, 6.45) is 1.47. The molecular weight excluding hydrogens is 561 g/mol. The Morgan fingerprint density at radius 1 is 0.951 bits per heavy atom. The van der Waals surface area contributed by atoms with Gasteiger partial charge in [0.05, 0.1) is 28.9 Å². The molecule has 5 rings (SSSR count). The molecule has 1 amide bonds. The molecule has 2 N–H and O–H groups in total. The summed E-state index contributed by atoms with van der Waals surface area (Å²) in [5.41, 5.74) is 6.97. The van der Waals surface area contributed by atoms with E-state index in [4.69, 9.17) is 32.7 Å². The first-order valence-corrected chi connectivity index (χ1v) is 13.5. The summed E-state index contributed by atoms with van der Waals surface area (Å²) in [6, 6.07) is 25.0. The van der Waals surface area contributed by atoms with Crippen LogP contribution in [-0.4, -0.2) is 29.7 Å². The van der Waals surface area contributed by atoms with Crippen LogP contribution in [0.5, 0.6) is 11.5 Å². The number of hydrogen-bond donors (Lipinski definition) is 2. The monoisotopic (exact) mass is 585 g/mol. The van der Waals surface area contributed by atoms with Crippen molar-refractivity contribution in [2.24, 2.45) is 5.10 Å². The fourth-order valence-electron chi connectivity index (χ4n) is 4.40. The molecule has 0 saturated carbocycles. The zero-order valence-electron chi connectivity index (χ0n) is 22.2. The molecule has 4 aromatic carbocycles. The molecule has 0 atom stereocenters. The number of nitrogens with zero attached hydrogens (tertiary/aromatic N) is 1. The maximum atomic E-state index is 13.3. The average molecular weight is 586 g/mol. The van der Waals surface area contributed by atoms with Crippen molar-refractivity contribution >= 4 is 52.2 Å². The molecule has 7 nitrogen and oxygen atoms in total. The Kier molecular flexibility index (Phi) is 8.38. The zero-order valence-corrected chi connectivity index (χ0v) is 23.7. The van der Waals surface area contributed by atoms with Gasteiger partial charge in [0.15, 0.2) is 11.5 Å². The van der Waals surface area contributed by atoms with E-state index in [-0.39, 0.29) is 5.75 Å². The molecule has 1 aromatic heterocycles. The van der Waals surface area contributed by atoms with Crippen molar-refractivity contribution in [2.45, 2.75) is 13.8 Å². The number of hydrogen-bond acceptors (Lipinski definition) is 5. The molecule has 0 bridgehead atoms. The van der Waals surface area contributed by atoms with Gasteiger partial charge in [0.2, 0.25) is 0 Å². The van der Waals surface area contributed by atoms with E-state index < -0.39 is 11.9 Å². The minimum Gasteiger partial charge on any atom is -0.490 e. The lowest BCUT2D eigenvalue weighted by atomic mass is 10.0. The van der Waals surface area contributed by atoms with Crippen molar-refractivity contribution in [1.29, 1.82) is 0 Å². The molecule has 206 valence electrons. The number of fused-ring (bicyclic) bond motifs is 1. The second-order valence-electron chi connectivity index (χ2n) is 9.15. The van der Waals surface area contributed by atoms with Gasteiger partial charge in [-0.15, -0.1) is 0 Å². The molecule has 0 aliphatic heterocycles. The molecule has 5 aromatic rings. The normalized spacial score (nSPS) is 11.1. The Hall–Kier alpha value is -4.59. The highest BCUT2D eigenvalue weighted by Crippen LogP contribution is 2.37. The van der Waals surface area contributed by atoms with Gasteiger partial charge < -0.3 is 14.5 Å².